The molecule has 4 N–H and O–H groups in total. The lowest BCUT2D eigenvalue weighted by molar-refractivity contribution is -0.386. The SMILES string of the molecule is Nc1cncnc1CC1CC(Nc2ncc3ccccc3n2)C1.O=[N+]([O-])c1c(Cl)ncnc1CC1CC(Nc2ncc3ccccc3n2)C1.c1ccc2nc(CC3CC(n4c(C5CC5)nc5cncnc54)C3)ncc2c1. The van der Waals surface area contributed by atoms with Crippen LogP contribution in [-0.2, 0) is 19.3 Å². The van der Waals surface area contributed by atoms with Gasteiger partial charge >= 0.3 is 5.69 Å². The highest BCUT2D eigenvalue weighted by Gasteiger charge is 2.38. The number of nitrogens with zero attached hydrogens (tertiary/aromatic N) is 15. The second-order valence-electron chi connectivity index (χ2n) is 20.3. The number of para-hydroxylation sites is 3. The van der Waals surface area contributed by atoms with Crippen molar-refractivity contribution in [2.24, 2.45) is 17.8 Å². The maximum Gasteiger partial charge on any atom is 0.327 e. The average molecular weight is 1030 g/mol. The Labute approximate surface area is 441 Å². The number of nitrogens with two attached hydrogens (primary N) is 1. The summed E-state index contributed by atoms with van der Waals surface area (Å²) in [5, 5.41) is 20.9. The minimum absolute atomic E-state index is 0.112. The first-order chi connectivity index (χ1) is 37.2. The number of fused-ring (bicyclic) bond motifs is 4. The number of hydrogen-bond donors (Lipinski definition) is 3. The number of halogens is 1. The molecule has 76 heavy (non-hydrogen) atoms. The normalized spacial score (nSPS) is 20.5. The average Bonchev–Trinajstić information content (AvgIpc) is 4.19. The number of benzene rings is 3. The number of anilines is 3. The maximum atomic E-state index is 11.2. The Kier molecular flexibility index (Phi) is 13.6. The zero-order chi connectivity index (χ0) is 51.5. The molecule has 0 saturated heterocycles. The van der Waals surface area contributed by atoms with Crippen LogP contribution in [0.5, 0.6) is 0 Å². The van der Waals surface area contributed by atoms with E-state index < -0.39 is 4.92 Å². The van der Waals surface area contributed by atoms with Crippen LogP contribution in [0.25, 0.3) is 43.9 Å². The number of hydrogen-bond acceptors (Lipinski definition) is 18. The molecule has 0 aliphatic heterocycles. The van der Waals surface area contributed by atoms with E-state index in [0.29, 0.717) is 65.5 Å². The van der Waals surface area contributed by atoms with Gasteiger partial charge in [0.15, 0.2) is 5.65 Å². The Balaban J connectivity index is 0.000000115. The van der Waals surface area contributed by atoms with Crippen LogP contribution in [0.1, 0.15) is 86.4 Å². The molecule has 4 aliphatic rings. The van der Waals surface area contributed by atoms with Crippen LogP contribution >= 0.6 is 11.6 Å². The quantitative estimate of drug-likeness (QED) is 0.0551. The molecule has 7 heterocycles. The van der Waals surface area contributed by atoms with Gasteiger partial charge in [-0.25, -0.2) is 64.8 Å². The smallest absolute Gasteiger partial charge is 0.327 e. The molecule has 0 bridgehead atoms. The molecule has 4 aliphatic carbocycles. The van der Waals surface area contributed by atoms with E-state index in [1.54, 1.807) is 25.0 Å². The molecule has 0 unspecified atom stereocenters. The van der Waals surface area contributed by atoms with Gasteiger partial charge in [0.25, 0.3) is 0 Å². The van der Waals surface area contributed by atoms with Gasteiger partial charge in [-0.1, -0.05) is 66.2 Å². The lowest BCUT2D eigenvalue weighted by Crippen LogP contribution is -2.37. The molecule has 14 rings (SSSR count). The van der Waals surface area contributed by atoms with E-state index in [-0.39, 0.29) is 16.9 Å². The van der Waals surface area contributed by atoms with Gasteiger partial charge in [0.1, 0.15) is 41.8 Å². The van der Waals surface area contributed by atoms with Crippen LogP contribution in [0.2, 0.25) is 5.15 Å². The van der Waals surface area contributed by atoms with E-state index in [1.807, 2.05) is 79.3 Å². The summed E-state index contributed by atoms with van der Waals surface area (Å²) in [7, 11) is 0. The third-order valence-corrected chi connectivity index (χ3v) is 15.1. The van der Waals surface area contributed by atoms with Crippen molar-refractivity contribution in [2.45, 2.75) is 94.7 Å². The number of nitrogens with one attached hydrogen (secondary N) is 2. The van der Waals surface area contributed by atoms with E-state index in [1.165, 1.54) is 25.0 Å². The lowest BCUT2D eigenvalue weighted by atomic mass is 9.77. The van der Waals surface area contributed by atoms with Gasteiger partial charge in [-0.05, 0) is 100 Å². The summed E-state index contributed by atoms with van der Waals surface area (Å²) < 4.78 is 2.40. The van der Waals surface area contributed by atoms with Crippen molar-refractivity contribution >= 4 is 78.7 Å². The summed E-state index contributed by atoms with van der Waals surface area (Å²) >= 11 is 5.83. The van der Waals surface area contributed by atoms with Crippen LogP contribution in [0.4, 0.5) is 23.3 Å². The predicted molar refractivity (Wildman–Crippen MR) is 289 cm³/mol. The molecule has 21 heteroatoms. The number of nitro groups is 1. The van der Waals surface area contributed by atoms with Crippen LogP contribution in [0.3, 0.4) is 0 Å². The van der Waals surface area contributed by atoms with Crippen molar-refractivity contribution in [1.82, 2.24) is 69.4 Å². The second-order valence-corrected chi connectivity index (χ2v) is 20.7. The minimum atomic E-state index is -0.519. The Morgan fingerprint density at radius 2 is 1.12 bits per heavy atom. The zero-order valence-corrected chi connectivity index (χ0v) is 42.1. The molecular weight excluding hydrogens is 980 g/mol. The summed E-state index contributed by atoms with van der Waals surface area (Å²) in [4.78, 5) is 67.2. The monoisotopic (exact) mass is 1030 g/mol. The van der Waals surface area contributed by atoms with Crippen molar-refractivity contribution in [1.29, 1.82) is 0 Å². The molecular formula is C55H53ClN18O2. The molecule has 4 fully saturated rings. The number of rotatable bonds is 13. The van der Waals surface area contributed by atoms with Crippen molar-refractivity contribution in [2.75, 3.05) is 16.4 Å². The fourth-order valence-electron chi connectivity index (χ4n) is 10.6. The topological polar surface area (TPSA) is 266 Å². The maximum absolute atomic E-state index is 11.2. The second kappa shape index (κ2) is 21.4. The van der Waals surface area contributed by atoms with Gasteiger partial charge in [-0.15, -0.1) is 0 Å². The third kappa shape index (κ3) is 10.8. The molecule has 4 saturated carbocycles. The van der Waals surface area contributed by atoms with Crippen molar-refractivity contribution in [3.8, 4) is 0 Å². The first kappa shape index (κ1) is 48.4. The van der Waals surface area contributed by atoms with Gasteiger partial charge in [0.2, 0.25) is 17.0 Å². The molecule has 10 aromatic rings. The summed E-state index contributed by atoms with van der Waals surface area (Å²) in [6, 6.07) is 25.2. The first-order valence-corrected chi connectivity index (χ1v) is 26.1. The summed E-state index contributed by atoms with van der Waals surface area (Å²) in [5.74, 6) is 5.62. The van der Waals surface area contributed by atoms with Gasteiger partial charge in [-0.3, -0.25) is 10.1 Å². The van der Waals surface area contributed by atoms with Gasteiger partial charge < -0.3 is 20.9 Å². The summed E-state index contributed by atoms with van der Waals surface area (Å²) in [5.41, 5.74) is 12.6. The largest absolute Gasteiger partial charge is 0.396 e. The van der Waals surface area contributed by atoms with Gasteiger partial charge in [0, 0.05) is 65.2 Å². The van der Waals surface area contributed by atoms with Gasteiger partial charge in [-0.2, -0.15) is 0 Å². The van der Waals surface area contributed by atoms with E-state index >= 15 is 0 Å². The third-order valence-electron chi connectivity index (χ3n) is 14.9. The van der Waals surface area contributed by atoms with Crippen molar-refractivity contribution < 1.29 is 4.92 Å². The van der Waals surface area contributed by atoms with E-state index in [4.69, 9.17) is 27.3 Å². The molecule has 7 aromatic heterocycles. The molecule has 0 spiro atoms. The van der Waals surface area contributed by atoms with Gasteiger partial charge in [0.05, 0.1) is 45.2 Å². The Morgan fingerprint density at radius 3 is 1.72 bits per heavy atom. The van der Waals surface area contributed by atoms with E-state index in [2.05, 4.69) is 82.2 Å². The number of aromatic nitrogens is 14. The lowest BCUT2D eigenvalue weighted by Gasteiger charge is -2.37. The fourth-order valence-corrected chi connectivity index (χ4v) is 10.8. The Morgan fingerprint density at radius 1 is 0.579 bits per heavy atom. The highest BCUT2D eigenvalue weighted by Crippen LogP contribution is 2.47. The first-order valence-electron chi connectivity index (χ1n) is 25.8. The standard InChI is InChI=1S/C21H20N6.C17H15ClN6O2.C17H18N6/c1-2-4-17-15(3-1)10-23-19(25-17)9-13-7-16(8-13)27-20(14-5-6-14)26-18-11-22-12-24-21(18)27;18-16-15(24(25)26)14(20-9-21-16)7-10-5-12(6-10)22-17-19-8-11-3-1-2-4-13(11)23-17;18-14-9-19-10-21-16(14)7-11-5-13(6-11)22-17-20-8-12-3-1-2-4-15(12)23-17/h1-4,10-14,16H,5-9H2;1-4,8-10,12H,5-7H2,(H,19,22,23);1-4,8-11,13H,5-7,18H2,(H,20,22,23). The number of nitrogen functional groups attached to an aromatic ring is 1. The predicted octanol–water partition coefficient (Wildman–Crippen LogP) is 9.69. The molecule has 20 nitrogen and oxygen atoms in total. The fraction of sp³-hybridized carbons (Fsp3) is 0.327. The highest BCUT2D eigenvalue weighted by atomic mass is 35.5. The van der Waals surface area contributed by atoms with Crippen LogP contribution in [0.15, 0.2) is 123 Å². The molecule has 382 valence electrons. The van der Waals surface area contributed by atoms with E-state index in [9.17, 15) is 10.1 Å². The van der Waals surface area contributed by atoms with Crippen LogP contribution < -0.4 is 16.4 Å². The zero-order valence-electron chi connectivity index (χ0n) is 41.3. The van der Waals surface area contributed by atoms with E-state index in [0.717, 1.165) is 107 Å². The summed E-state index contributed by atoms with van der Waals surface area (Å²) in [6.45, 7) is 0. The number of imidazole rings is 1. The van der Waals surface area contributed by atoms with Crippen molar-refractivity contribution in [3.63, 3.8) is 0 Å². The molecule has 3 aromatic carbocycles. The molecule has 0 radical (unpaired) electrons. The molecule has 0 atom stereocenters. The van der Waals surface area contributed by atoms with Crippen LogP contribution in [0, 0.1) is 27.9 Å². The Hall–Kier alpha value is -8.52. The Bertz CT molecular complexity index is 3710. The summed E-state index contributed by atoms with van der Waals surface area (Å²) in [6.07, 6.45) is 24.6. The van der Waals surface area contributed by atoms with Crippen LogP contribution in [-0.4, -0.2) is 86.4 Å². The minimum Gasteiger partial charge on any atom is -0.396 e. The highest BCUT2D eigenvalue weighted by molar-refractivity contribution is 6.31. The van der Waals surface area contributed by atoms with Crippen molar-refractivity contribution in [3.05, 3.63) is 161 Å². The molecule has 0 amide bonds.